The molecule has 150 valence electrons. The SMILES string of the molecule is COc1cc(CCc2ccc(CCc3ccc(C(=O)O)cc3)cc2)cc(OC)c1. The molecule has 0 spiro atoms. The second-order valence-corrected chi connectivity index (χ2v) is 7.04. The van der Waals surface area contributed by atoms with E-state index < -0.39 is 5.97 Å². The van der Waals surface area contributed by atoms with Crippen molar-refractivity contribution in [3.8, 4) is 11.5 Å². The van der Waals surface area contributed by atoms with Gasteiger partial charge < -0.3 is 14.6 Å². The first-order valence-electron chi connectivity index (χ1n) is 9.69. The summed E-state index contributed by atoms with van der Waals surface area (Å²) >= 11 is 0. The molecule has 0 amide bonds. The molecule has 3 rings (SSSR count). The molecule has 0 bridgehead atoms. The average molecular weight is 390 g/mol. The Morgan fingerprint density at radius 2 is 1.03 bits per heavy atom. The molecule has 0 radical (unpaired) electrons. The van der Waals surface area contributed by atoms with Crippen molar-refractivity contribution in [3.05, 3.63) is 94.5 Å². The number of ether oxygens (including phenoxy) is 2. The van der Waals surface area contributed by atoms with E-state index in [-0.39, 0.29) is 0 Å². The fourth-order valence-corrected chi connectivity index (χ4v) is 3.27. The standard InChI is InChI=1S/C25H26O4/c1-28-23-15-21(16-24(17-23)29-2)10-9-19-5-3-18(4-6-19)7-8-20-11-13-22(14-12-20)25(26)27/h3-6,11-17H,7-10H2,1-2H3,(H,26,27). The van der Waals surface area contributed by atoms with Gasteiger partial charge in [0.25, 0.3) is 0 Å². The zero-order valence-corrected chi connectivity index (χ0v) is 16.9. The maximum absolute atomic E-state index is 10.9. The number of aryl methyl sites for hydroxylation is 4. The van der Waals surface area contributed by atoms with Gasteiger partial charge >= 0.3 is 5.97 Å². The summed E-state index contributed by atoms with van der Waals surface area (Å²) in [5.74, 6) is 0.733. The van der Waals surface area contributed by atoms with E-state index in [0.29, 0.717) is 5.56 Å². The maximum atomic E-state index is 10.9. The minimum Gasteiger partial charge on any atom is -0.497 e. The first kappa shape index (κ1) is 20.5. The molecule has 0 heterocycles. The van der Waals surface area contributed by atoms with Crippen molar-refractivity contribution in [3.63, 3.8) is 0 Å². The van der Waals surface area contributed by atoms with Crippen LogP contribution in [0.3, 0.4) is 0 Å². The van der Waals surface area contributed by atoms with Crippen LogP contribution in [0.15, 0.2) is 66.7 Å². The minimum atomic E-state index is -0.889. The van der Waals surface area contributed by atoms with Crippen molar-refractivity contribution < 1.29 is 19.4 Å². The molecular weight excluding hydrogens is 364 g/mol. The summed E-state index contributed by atoms with van der Waals surface area (Å²) in [6.07, 6.45) is 3.69. The molecule has 0 aromatic heterocycles. The van der Waals surface area contributed by atoms with Gasteiger partial charge in [0.2, 0.25) is 0 Å². The van der Waals surface area contributed by atoms with Gasteiger partial charge in [0.15, 0.2) is 0 Å². The van der Waals surface area contributed by atoms with E-state index in [0.717, 1.165) is 42.7 Å². The number of carbonyl (C=O) groups is 1. The summed E-state index contributed by atoms with van der Waals surface area (Å²) in [5, 5.41) is 8.97. The average Bonchev–Trinajstić information content (AvgIpc) is 2.77. The zero-order valence-electron chi connectivity index (χ0n) is 16.9. The quantitative estimate of drug-likeness (QED) is 0.560. The van der Waals surface area contributed by atoms with Crippen LogP contribution in [0.2, 0.25) is 0 Å². The predicted octanol–water partition coefficient (Wildman–Crippen LogP) is 4.97. The van der Waals surface area contributed by atoms with E-state index in [9.17, 15) is 4.79 Å². The third-order valence-electron chi connectivity index (χ3n) is 5.04. The van der Waals surface area contributed by atoms with E-state index in [4.69, 9.17) is 14.6 Å². The Hall–Kier alpha value is -3.27. The lowest BCUT2D eigenvalue weighted by atomic mass is 10.00. The molecule has 4 nitrogen and oxygen atoms in total. The molecule has 0 aliphatic heterocycles. The van der Waals surface area contributed by atoms with Crippen LogP contribution in [0, 0.1) is 0 Å². The summed E-state index contributed by atoms with van der Waals surface area (Å²) in [6.45, 7) is 0. The molecule has 1 N–H and O–H groups in total. The van der Waals surface area contributed by atoms with E-state index >= 15 is 0 Å². The monoisotopic (exact) mass is 390 g/mol. The second kappa shape index (κ2) is 9.78. The lowest BCUT2D eigenvalue weighted by Crippen LogP contribution is -1.97. The Morgan fingerprint density at radius 3 is 1.41 bits per heavy atom. The summed E-state index contributed by atoms with van der Waals surface area (Å²) < 4.78 is 10.7. The van der Waals surface area contributed by atoms with Crippen LogP contribution in [-0.2, 0) is 25.7 Å². The lowest BCUT2D eigenvalue weighted by molar-refractivity contribution is 0.0697. The van der Waals surface area contributed by atoms with Crippen molar-refractivity contribution in [1.82, 2.24) is 0 Å². The lowest BCUT2D eigenvalue weighted by Gasteiger charge is -2.09. The first-order chi connectivity index (χ1) is 14.1. The Bertz CT molecular complexity index is 921. The molecule has 0 aliphatic carbocycles. The minimum absolute atomic E-state index is 0.326. The van der Waals surface area contributed by atoms with E-state index in [1.807, 2.05) is 30.3 Å². The molecule has 0 saturated carbocycles. The number of carboxylic acid groups (broad SMARTS) is 1. The fourth-order valence-electron chi connectivity index (χ4n) is 3.27. The highest BCUT2D eigenvalue weighted by molar-refractivity contribution is 5.87. The van der Waals surface area contributed by atoms with E-state index in [1.165, 1.54) is 16.7 Å². The van der Waals surface area contributed by atoms with Crippen molar-refractivity contribution in [1.29, 1.82) is 0 Å². The molecule has 4 heteroatoms. The number of rotatable bonds is 9. The third-order valence-corrected chi connectivity index (χ3v) is 5.04. The van der Waals surface area contributed by atoms with Crippen molar-refractivity contribution >= 4 is 5.97 Å². The number of benzene rings is 3. The highest BCUT2D eigenvalue weighted by atomic mass is 16.5. The first-order valence-corrected chi connectivity index (χ1v) is 9.69. The largest absolute Gasteiger partial charge is 0.497 e. The molecule has 0 atom stereocenters. The Balaban J connectivity index is 1.54. The van der Waals surface area contributed by atoms with E-state index in [2.05, 4.69) is 24.3 Å². The summed E-state index contributed by atoms with van der Waals surface area (Å²) in [6, 6.07) is 21.8. The Kier molecular flexibility index (Phi) is 6.90. The van der Waals surface area contributed by atoms with Gasteiger partial charge in [-0.05, 0) is 72.2 Å². The van der Waals surface area contributed by atoms with Crippen LogP contribution >= 0.6 is 0 Å². The molecular formula is C25H26O4. The van der Waals surface area contributed by atoms with Crippen molar-refractivity contribution in [2.24, 2.45) is 0 Å². The number of methoxy groups -OCH3 is 2. The van der Waals surface area contributed by atoms with Crippen LogP contribution in [0.5, 0.6) is 11.5 Å². The molecule has 3 aromatic carbocycles. The maximum Gasteiger partial charge on any atom is 0.335 e. The molecule has 0 unspecified atom stereocenters. The summed E-state index contributed by atoms with van der Waals surface area (Å²) in [4.78, 5) is 10.9. The highest BCUT2D eigenvalue weighted by Gasteiger charge is 2.04. The van der Waals surface area contributed by atoms with Gasteiger partial charge in [0, 0.05) is 6.07 Å². The van der Waals surface area contributed by atoms with Crippen LogP contribution in [0.25, 0.3) is 0 Å². The zero-order chi connectivity index (χ0) is 20.6. The molecule has 0 saturated heterocycles. The van der Waals surface area contributed by atoms with Gasteiger partial charge in [-0.1, -0.05) is 36.4 Å². The predicted molar refractivity (Wildman–Crippen MR) is 114 cm³/mol. The molecule has 29 heavy (non-hydrogen) atoms. The second-order valence-electron chi connectivity index (χ2n) is 7.04. The van der Waals surface area contributed by atoms with E-state index in [1.54, 1.807) is 26.4 Å². The number of carboxylic acids is 1. The summed E-state index contributed by atoms with van der Waals surface area (Å²) in [7, 11) is 3.33. The number of hydrogen-bond acceptors (Lipinski definition) is 3. The van der Waals surface area contributed by atoms with Crippen LogP contribution in [0.4, 0.5) is 0 Å². The van der Waals surface area contributed by atoms with Crippen LogP contribution in [-0.4, -0.2) is 25.3 Å². The Labute approximate surface area is 171 Å². The number of hydrogen-bond donors (Lipinski definition) is 1. The third kappa shape index (κ3) is 5.85. The van der Waals surface area contributed by atoms with Gasteiger partial charge in [-0.3, -0.25) is 0 Å². The smallest absolute Gasteiger partial charge is 0.335 e. The van der Waals surface area contributed by atoms with Crippen LogP contribution in [0.1, 0.15) is 32.6 Å². The van der Waals surface area contributed by atoms with Crippen LogP contribution < -0.4 is 9.47 Å². The van der Waals surface area contributed by atoms with Gasteiger partial charge in [-0.25, -0.2) is 4.79 Å². The topological polar surface area (TPSA) is 55.8 Å². The van der Waals surface area contributed by atoms with Gasteiger partial charge in [-0.15, -0.1) is 0 Å². The van der Waals surface area contributed by atoms with Crippen molar-refractivity contribution in [2.75, 3.05) is 14.2 Å². The Morgan fingerprint density at radius 1 is 0.655 bits per heavy atom. The van der Waals surface area contributed by atoms with Gasteiger partial charge in [0.05, 0.1) is 19.8 Å². The van der Waals surface area contributed by atoms with Crippen molar-refractivity contribution in [2.45, 2.75) is 25.7 Å². The van der Waals surface area contributed by atoms with Gasteiger partial charge in [-0.2, -0.15) is 0 Å². The molecule has 0 fully saturated rings. The molecule has 3 aromatic rings. The summed E-state index contributed by atoms with van der Waals surface area (Å²) in [5.41, 5.74) is 5.23. The molecule has 0 aliphatic rings. The van der Waals surface area contributed by atoms with Gasteiger partial charge in [0.1, 0.15) is 11.5 Å². The highest BCUT2D eigenvalue weighted by Crippen LogP contribution is 2.23. The normalized spacial score (nSPS) is 10.6. The fraction of sp³-hybridized carbons (Fsp3) is 0.240. The number of aromatic carboxylic acids is 1.